The first-order valence-corrected chi connectivity index (χ1v) is 8.79. The molecule has 2 aromatic rings. The second-order valence-electron chi connectivity index (χ2n) is 6.50. The van der Waals surface area contributed by atoms with Crippen LogP contribution in [0.2, 0.25) is 0 Å². The molecule has 1 unspecified atom stereocenters. The van der Waals surface area contributed by atoms with Crippen LogP contribution in [0, 0.1) is 5.92 Å². The average Bonchev–Trinajstić information content (AvgIpc) is 2.60. The predicted octanol–water partition coefficient (Wildman–Crippen LogP) is 5.13. The van der Waals surface area contributed by atoms with Crippen molar-refractivity contribution in [1.82, 2.24) is 5.32 Å². The van der Waals surface area contributed by atoms with E-state index in [1.54, 1.807) is 6.20 Å². The molecule has 2 aromatic carbocycles. The molecule has 1 N–H and O–H groups in total. The Morgan fingerprint density at radius 3 is 2.46 bits per heavy atom. The largest absolute Gasteiger partial charge is 0.489 e. The highest BCUT2D eigenvalue weighted by molar-refractivity contribution is 5.38. The van der Waals surface area contributed by atoms with Gasteiger partial charge in [-0.15, -0.1) is 0 Å². The van der Waals surface area contributed by atoms with Crippen LogP contribution in [-0.2, 0) is 19.4 Å². The van der Waals surface area contributed by atoms with Crippen LogP contribution >= 0.6 is 0 Å². The van der Waals surface area contributed by atoms with E-state index in [0.717, 1.165) is 18.6 Å². The minimum Gasteiger partial charge on any atom is -0.489 e. The molecule has 2 rings (SSSR count). The summed E-state index contributed by atoms with van der Waals surface area (Å²) < 4.78 is 6.12. The summed E-state index contributed by atoms with van der Waals surface area (Å²) in [5.41, 5.74) is 3.74. The summed E-state index contributed by atoms with van der Waals surface area (Å²) in [6.45, 7) is 11.0. The maximum atomic E-state index is 6.12. The number of nitrogens with one attached hydrogen (secondary N) is 1. The maximum absolute atomic E-state index is 6.12. The lowest BCUT2D eigenvalue weighted by Crippen LogP contribution is -2.31. The molecule has 0 aliphatic rings. The Bertz CT molecular complexity index is 634. The zero-order valence-electron chi connectivity index (χ0n) is 15.1. The minimum absolute atomic E-state index is 0.386. The molecule has 0 spiro atoms. The van der Waals surface area contributed by atoms with Crippen molar-refractivity contribution in [3.63, 3.8) is 0 Å². The van der Waals surface area contributed by atoms with Crippen LogP contribution in [0.5, 0.6) is 5.75 Å². The number of rotatable bonds is 9. The van der Waals surface area contributed by atoms with E-state index < -0.39 is 0 Å². The molecule has 0 aliphatic carbocycles. The highest BCUT2D eigenvalue weighted by Gasteiger charge is 2.13. The lowest BCUT2D eigenvalue weighted by Gasteiger charge is -2.22. The highest BCUT2D eigenvalue weighted by Crippen LogP contribution is 2.24. The van der Waals surface area contributed by atoms with E-state index >= 15 is 0 Å². The van der Waals surface area contributed by atoms with E-state index in [1.165, 1.54) is 16.7 Å². The molecular weight excluding hydrogens is 294 g/mol. The molecular formula is C22H29NO. The lowest BCUT2D eigenvalue weighted by molar-refractivity contribution is 0.302. The van der Waals surface area contributed by atoms with Crippen LogP contribution in [0.3, 0.4) is 0 Å². The molecule has 0 radical (unpaired) electrons. The van der Waals surface area contributed by atoms with Crippen molar-refractivity contribution in [1.29, 1.82) is 0 Å². The minimum atomic E-state index is 0.386. The topological polar surface area (TPSA) is 21.3 Å². The second-order valence-corrected chi connectivity index (χ2v) is 6.50. The van der Waals surface area contributed by atoms with Crippen molar-refractivity contribution in [2.24, 2.45) is 5.92 Å². The molecule has 0 saturated heterocycles. The third-order valence-corrected chi connectivity index (χ3v) is 4.34. The molecule has 2 heteroatoms. The fraction of sp³-hybridized carbons (Fsp3) is 0.364. The van der Waals surface area contributed by atoms with Gasteiger partial charge in [-0.1, -0.05) is 69.8 Å². The second kappa shape index (κ2) is 9.17. The molecule has 0 heterocycles. The quantitative estimate of drug-likeness (QED) is 0.691. The van der Waals surface area contributed by atoms with Gasteiger partial charge in [-0.25, -0.2) is 0 Å². The summed E-state index contributed by atoms with van der Waals surface area (Å²) >= 11 is 0. The van der Waals surface area contributed by atoms with E-state index in [2.05, 4.69) is 63.0 Å². The van der Waals surface area contributed by atoms with Crippen molar-refractivity contribution in [3.8, 4) is 5.75 Å². The predicted molar refractivity (Wildman–Crippen MR) is 102 cm³/mol. The van der Waals surface area contributed by atoms with Gasteiger partial charge in [0, 0.05) is 6.04 Å². The van der Waals surface area contributed by atoms with Crippen LogP contribution in [0.25, 0.3) is 0 Å². The van der Waals surface area contributed by atoms with Gasteiger partial charge < -0.3 is 10.1 Å². The van der Waals surface area contributed by atoms with Gasteiger partial charge in [0.15, 0.2) is 0 Å². The van der Waals surface area contributed by atoms with Gasteiger partial charge in [-0.05, 0) is 47.7 Å². The van der Waals surface area contributed by atoms with Gasteiger partial charge in [-0.3, -0.25) is 0 Å². The fourth-order valence-corrected chi connectivity index (χ4v) is 2.78. The summed E-state index contributed by atoms with van der Waals surface area (Å²) in [5.74, 6) is 1.54. The van der Waals surface area contributed by atoms with Crippen LogP contribution < -0.4 is 10.1 Å². The van der Waals surface area contributed by atoms with Crippen LogP contribution in [-0.4, -0.2) is 6.04 Å². The third-order valence-electron chi connectivity index (χ3n) is 4.34. The summed E-state index contributed by atoms with van der Waals surface area (Å²) in [7, 11) is 0. The number of benzene rings is 2. The van der Waals surface area contributed by atoms with Crippen molar-refractivity contribution in [2.45, 2.75) is 46.3 Å². The molecule has 1 atom stereocenters. The number of hydrogen-bond acceptors (Lipinski definition) is 2. The summed E-state index contributed by atoms with van der Waals surface area (Å²) in [5, 5.41) is 3.36. The van der Waals surface area contributed by atoms with Gasteiger partial charge in [0.1, 0.15) is 12.4 Å². The first-order chi connectivity index (χ1) is 11.6. The Balaban J connectivity index is 2.12. The van der Waals surface area contributed by atoms with Crippen LogP contribution in [0.15, 0.2) is 61.3 Å². The Hall–Kier alpha value is -2.22. The third kappa shape index (κ3) is 5.16. The molecule has 2 nitrogen and oxygen atoms in total. The highest BCUT2D eigenvalue weighted by atomic mass is 16.5. The molecule has 128 valence electrons. The molecule has 0 saturated carbocycles. The normalized spacial score (nSPS) is 12.0. The zero-order valence-corrected chi connectivity index (χ0v) is 15.1. The Kier molecular flexibility index (Phi) is 6.92. The van der Waals surface area contributed by atoms with E-state index in [4.69, 9.17) is 4.74 Å². The van der Waals surface area contributed by atoms with Crippen molar-refractivity contribution in [2.75, 3.05) is 0 Å². The van der Waals surface area contributed by atoms with Crippen molar-refractivity contribution >= 4 is 0 Å². The molecule has 0 aliphatic heterocycles. The Morgan fingerprint density at radius 1 is 1.08 bits per heavy atom. The van der Waals surface area contributed by atoms with Crippen LogP contribution in [0.4, 0.5) is 0 Å². The van der Waals surface area contributed by atoms with Gasteiger partial charge >= 0.3 is 0 Å². The zero-order chi connectivity index (χ0) is 17.4. The van der Waals surface area contributed by atoms with E-state index in [1.807, 2.05) is 18.2 Å². The van der Waals surface area contributed by atoms with Gasteiger partial charge in [-0.2, -0.15) is 0 Å². The summed E-state index contributed by atoms with van der Waals surface area (Å²) in [6, 6.07) is 17.3. The van der Waals surface area contributed by atoms with Gasteiger partial charge in [0.05, 0.1) is 0 Å². The fourth-order valence-electron chi connectivity index (χ4n) is 2.78. The van der Waals surface area contributed by atoms with E-state index in [9.17, 15) is 0 Å². The maximum Gasteiger partial charge on any atom is 0.123 e. The van der Waals surface area contributed by atoms with Crippen LogP contribution in [0.1, 0.15) is 37.5 Å². The van der Waals surface area contributed by atoms with Crippen molar-refractivity contribution < 1.29 is 4.74 Å². The Morgan fingerprint density at radius 2 is 1.83 bits per heavy atom. The summed E-state index contributed by atoms with van der Waals surface area (Å²) in [6.07, 6.45) is 3.73. The Labute approximate surface area is 146 Å². The van der Waals surface area contributed by atoms with Crippen molar-refractivity contribution in [3.05, 3.63) is 78.0 Å². The molecule has 0 amide bonds. The monoisotopic (exact) mass is 323 g/mol. The first kappa shape index (κ1) is 18.1. The molecule has 0 aromatic heterocycles. The standard InChI is InChI=1S/C22H29NO/c1-5-20-13-12-19(14-21(17(3)4)23-6-2)15-22(20)24-16-18-10-8-7-9-11-18/h6-13,15,17,21,23H,2,5,14,16H2,1,3-4H3. The molecule has 0 fully saturated rings. The number of hydrogen-bond donors (Lipinski definition) is 1. The molecule has 0 bridgehead atoms. The molecule has 24 heavy (non-hydrogen) atoms. The van der Waals surface area contributed by atoms with Gasteiger partial charge in [0.25, 0.3) is 0 Å². The first-order valence-electron chi connectivity index (χ1n) is 8.79. The average molecular weight is 323 g/mol. The smallest absolute Gasteiger partial charge is 0.123 e. The lowest BCUT2D eigenvalue weighted by atomic mass is 9.95. The van der Waals surface area contributed by atoms with E-state index in [0.29, 0.717) is 18.6 Å². The van der Waals surface area contributed by atoms with Gasteiger partial charge in [0.2, 0.25) is 0 Å². The SMILES string of the molecule is C=CNC(Cc1ccc(CC)c(OCc2ccccc2)c1)C(C)C. The number of aryl methyl sites for hydroxylation is 1. The number of ether oxygens (including phenoxy) is 1. The van der Waals surface area contributed by atoms with E-state index in [-0.39, 0.29) is 0 Å². The summed E-state index contributed by atoms with van der Waals surface area (Å²) in [4.78, 5) is 0.